The number of para-hydroxylation sites is 2. The first-order valence-corrected chi connectivity index (χ1v) is 11.1. The number of anilines is 1. The number of amides is 1. The van der Waals surface area contributed by atoms with Crippen molar-refractivity contribution in [2.24, 2.45) is 5.92 Å². The summed E-state index contributed by atoms with van der Waals surface area (Å²) in [5.74, 6) is -0.623. The smallest absolute Gasteiger partial charge is 0.317 e. The number of ether oxygens (including phenoxy) is 1. The van der Waals surface area contributed by atoms with Crippen LogP contribution in [0.25, 0.3) is 0 Å². The Labute approximate surface area is 187 Å². The van der Waals surface area contributed by atoms with Crippen molar-refractivity contribution in [1.82, 2.24) is 5.32 Å². The Morgan fingerprint density at radius 1 is 0.969 bits per heavy atom. The van der Waals surface area contributed by atoms with Crippen LogP contribution >= 0.6 is 0 Å². The van der Waals surface area contributed by atoms with Gasteiger partial charge in [-0.25, -0.2) is 0 Å². The van der Waals surface area contributed by atoms with E-state index in [0.717, 1.165) is 27.9 Å². The summed E-state index contributed by atoms with van der Waals surface area (Å²) in [6.45, 7) is 4.59. The van der Waals surface area contributed by atoms with Gasteiger partial charge in [-0.05, 0) is 31.5 Å². The Morgan fingerprint density at radius 2 is 1.69 bits per heavy atom. The number of hydrogen-bond acceptors (Lipinski definition) is 4. The van der Waals surface area contributed by atoms with Gasteiger partial charge in [0.1, 0.15) is 11.3 Å². The largest absolute Gasteiger partial charge is 0.426 e. The van der Waals surface area contributed by atoms with Crippen LogP contribution in [0, 0.1) is 12.8 Å². The third-order valence-corrected chi connectivity index (χ3v) is 7.26. The van der Waals surface area contributed by atoms with Gasteiger partial charge in [0, 0.05) is 35.3 Å². The molecule has 0 radical (unpaired) electrons. The van der Waals surface area contributed by atoms with Crippen LogP contribution in [-0.4, -0.2) is 18.4 Å². The molecule has 160 valence electrons. The molecule has 1 spiro atoms. The van der Waals surface area contributed by atoms with E-state index in [9.17, 15) is 9.59 Å². The number of nitrogens with zero attached hydrogens (tertiary/aromatic N) is 1. The molecule has 0 bridgehead atoms. The van der Waals surface area contributed by atoms with Crippen molar-refractivity contribution in [3.63, 3.8) is 0 Å². The first-order valence-electron chi connectivity index (χ1n) is 11.1. The van der Waals surface area contributed by atoms with Crippen molar-refractivity contribution in [3.8, 4) is 5.75 Å². The van der Waals surface area contributed by atoms with Gasteiger partial charge in [-0.15, -0.1) is 0 Å². The second kappa shape index (κ2) is 6.78. The molecule has 5 nitrogen and oxygen atoms in total. The number of fused-ring (bicyclic) bond motifs is 6. The number of carbonyl (C=O) groups excluding carboxylic acids is 2. The van der Waals surface area contributed by atoms with E-state index >= 15 is 0 Å². The van der Waals surface area contributed by atoms with Crippen LogP contribution in [0.1, 0.15) is 41.1 Å². The Morgan fingerprint density at radius 3 is 2.47 bits per heavy atom. The van der Waals surface area contributed by atoms with E-state index in [4.69, 9.17) is 4.74 Å². The maximum absolute atomic E-state index is 14.1. The number of esters is 1. The van der Waals surface area contributed by atoms with Crippen LogP contribution in [0.15, 0.2) is 72.8 Å². The van der Waals surface area contributed by atoms with Crippen LogP contribution in [0.5, 0.6) is 5.75 Å². The fourth-order valence-corrected chi connectivity index (χ4v) is 5.89. The lowest BCUT2D eigenvalue weighted by Gasteiger charge is -2.35. The van der Waals surface area contributed by atoms with Crippen molar-refractivity contribution in [1.29, 1.82) is 0 Å². The van der Waals surface area contributed by atoms with Gasteiger partial charge in [-0.3, -0.25) is 14.9 Å². The highest BCUT2D eigenvalue weighted by Crippen LogP contribution is 2.61. The first kappa shape index (κ1) is 19.3. The molecule has 3 heterocycles. The lowest BCUT2D eigenvalue weighted by Crippen LogP contribution is -2.51. The minimum absolute atomic E-state index is 0.00434. The highest BCUT2D eigenvalue weighted by Gasteiger charge is 2.67. The molecule has 0 aromatic heterocycles. The average molecular weight is 425 g/mol. The zero-order valence-corrected chi connectivity index (χ0v) is 18.0. The van der Waals surface area contributed by atoms with Gasteiger partial charge in [0.15, 0.2) is 0 Å². The molecular formula is C27H24N2O3. The molecule has 0 unspecified atom stereocenters. The molecule has 3 aliphatic heterocycles. The number of benzene rings is 3. The molecule has 1 saturated heterocycles. The van der Waals surface area contributed by atoms with E-state index in [2.05, 4.69) is 5.32 Å². The monoisotopic (exact) mass is 424 g/mol. The zero-order chi connectivity index (χ0) is 22.0. The molecule has 0 saturated carbocycles. The molecule has 3 aromatic rings. The highest BCUT2D eigenvalue weighted by molar-refractivity contribution is 6.10. The summed E-state index contributed by atoms with van der Waals surface area (Å²) < 4.78 is 5.80. The molecule has 1 N–H and O–H groups in total. The van der Waals surface area contributed by atoms with Crippen molar-refractivity contribution >= 4 is 17.6 Å². The van der Waals surface area contributed by atoms with Crippen LogP contribution in [0.4, 0.5) is 5.69 Å². The zero-order valence-electron chi connectivity index (χ0n) is 18.0. The van der Waals surface area contributed by atoms with Crippen LogP contribution in [0.3, 0.4) is 0 Å². The molecule has 3 aromatic carbocycles. The second-order valence-corrected chi connectivity index (χ2v) is 8.87. The summed E-state index contributed by atoms with van der Waals surface area (Å²) >= 11 is 0. The first-order chi connectivity index (χ1) is 15.6. The minimum atomic E-state index is -1.03. The van der Waals surface area contributed by atoms with Crippen molar-refractivity contribution in [2.45, 2.75) is 31.3 Å². The third kappa shape index (κ3) is 2.37. The number of likely N-dealkylation sites (N-methyl/N-ethyl adjacent to an activating group) is 1. The standard InChI is InChI=1S/C27H24N2O3/c1-3-29-20-10-6-5-9-19(20)27(26(29)31)23-18-8-4-7-11-21(18)32-25(30)22(23)24(28-27)17-14-12-16(2)13-15-17/h4-15,22-24,28H,3H2,1-2H3/t22-,23+,24+,27-/m0/s1. The number of rotatable bonds is 2. The molecule has 5 heteroatoms. The lowest BCUT2D eigenvalue weighted by molar-refractivity contribution is -0.141. The minimum Gasteiger partial charge on any atom is -0.426 e. The molecule has 1 amide bonds. The molecule has 32 heavy (non-hydrogen) atoms. The van der Waals surface area contributed by atoms with Crippen molar-refractivity contribution in [2.75, 3.05) is 11.4 Å². The fraction of sp³-hybridized carbons (Fsp3) is 0.259. The maximum atomic E-state index is 14.1. The number of aryl methyl sites for hydroxylation is 1. The van der Waals surface area contributed by atoms with Gasteiger partial charge in [-0.2, -0.15) is 0 Å². The van der Waals surface area contributed by atoms with E-state index in [1.54, 1.807) is 0 Å². The van der Waals surface area contributed by atoms with Gasteiger partial charge in [0.05, 0.1) is 5.92 Å². The summed E-state index contributed by atoms with van der Waals surface area (Å²) in [6.07, 6.45) is 0. The Hall–Kier alpha value is -3.44. The summed E-state index contributed by atoms with van der Waals surface area (Å²) in [7, 11) is 0. The normalized spacial score (nSPS) is 27.8. The van der Waals surface area contributed by atoms with Crippen molar-refractivity contribution in [3.05, 3.63) is 95.1 Å². The SMILES string of the molecule is CCN1C(=O)[C@]2(N[C@H](c3ccc(C)cc3)[C@H]3C(=O)Oc4ccccc4[C@H]32)c2ccccc21. The van der Waals surface area contributed by atoms with E-state index in [-0.39, 0.29) is 23.8 Å². The molecular weight excluding hydrogens is 400 g/mol. The van der Waals surface area contributed by atoms with E-state index in [1.807, 2.05) is 91.5 Å². The number of carbonyl (C=O) groups is 2. The van der Waals surface area contributed by atoms with Gasteiger partial charge in [-0.1, -0.05) is 66.2 Å². The predicted octanol–water partition coefficient (Wildman–Crippen LogP) is 4.22. The van der Waals surface area contributed by atoms with E-state index in [1.165, 1.54) is 0 Å². The van der Waals surface area contributed by atoms with Gasteiger partial charge in [0.25, 0.3) is 5.91 Å². The molecule has 6 rings (SSSR count). The number of nitrogens with one attached hydrogen (secondary N) is 1. The van der Waals surface area contributed by atoms with E-state index < -0.39 is 11.5 Å². The Kier molecular flexibility index (Phi) is 4.08. The summed E-state index contributed by atoms with van der Waals surface area (Å²) in [4.78, 5) is 29.4. The summed E-state index contributed by atoms with van der Waals surface area (Å²) in [5.41, 5.74) is 3.85. The quantitative estimate of drug-likeness (QED) is 0.494. The number of hydrogen-bond donors (Lipinski definition) is 1. The third-order valence-electron chi connectivity index (χ3n) is 7.26. The topological polar surface area (TPSA) is 58.6 Å². The van der Waals surface area contributed by atoms with Crippen LogP contribution in [0.2, 0.25) is 0 Å². The predicted molar refractivity (Wildman–Crippen MR) is 122 cm³/mol. The maximum Gasteiger partial charge on any atom is 0.317 e. The highest BCUT2D eigenvalue weighted by atomic mass is 16.5. The second-order valence-electron chi connectivity index (χ2n) is 8.87. The molecule has 3 aliphatic rings. The Balaban J connectivity index is 1.63. The Bertz CT molecular complexity index is 1250. The summed E-state index contributed by atoms with van der Waals surface area (Å²) in [5, 5.41) is 3.69. The van der Waals surface area contributed by atoms with Gasteiger partial charge < -0.3 is 9.64 Å². The lowest BCUT2D eigenvalue weighted by atomic mass is 9.70. The van der Waals surface area contributed by atoms with Crippen LogP contribution < -0.4 is 15.0 Å². The van der Waals surface area contributed by atoms with Crippen molar-refractivity contribution < 1.29 is 14.3 Å². The molecule has 1 fully saturated rings. The fourth-order valence-electron chi connectivity index (χ4n) is 5.89. The van der Waals surface area contributed by atoms with Gasteiger partial charge in [0.2, 0.25) is 0 Å². The van der Waals surface area contributed by atoms with Gasteiger partial charge >= 0.3 is 5.97 Å². The van der Waals surface area contributed by atoms with E-state index in [0.29, 0.717) is 12.3 Å². The molecule has 0 aliphatic carbocycles. The average Bonchev–Trinajstić information content (AvgIpc) is 3.29. The summed E-state index contributed by atoms with van der Waals surface area (Å²) in [6, 6.07) is 23.4. The van der Waals surface area contributed by atoms with Crippen LogP contribution in [-0.2, 0) is 15.1 Å². The molecule has 4 atom stereocenters.